The Kier molecular flexibility index (Phi) is 13.6. The van der Waals surface area contributed by atoms with Gasteiger partial charge in [0, 0.05) is 44.7 Å². The lowest BCUT2D eigenvalue weighted by atomic mass is 9.96. The smallest absolute Gasteiger partial charge is 0.414 e. The molecule has 51 heavy (non-hydrogen) atoms. The highest BCUT2D eigenvalue weighted by atomic mass is 32.1. The average molecular weight is 721 g/mol. The Morgan fingerprint density at radius 2 is 1.29 bits per heavy atom. The van der Waals surface area contributed by atoms with E-state index in [1.165, 1.54) is 44.3 Å². The van der Waals surface area contributed by atoms with Crippen molar-refractivity contribution < 1.29 is 54.2 Å². The summed E-state index contributed by atoms with van der Waals surface area (Å²) in [5, 5.41) is 40.6. The van der Waals surface area contributed by atoms with Gasteiger partial charge in [0.05, 0.1) is 7.11 Å². The Labute approximate surface area is 297 Å². The highest BCUT2D eigenvalue weighted by molar-refractivity contribution is 7.22. The molecule has 3 aromatic carbocycles. The number of carboxylic acids is 4. The summed E-state index contributed by atoms with van der Waals surface area (Å²) in [6.07, 6.45) is 6.13. The second-order valence-electron chi connectivity index (χ2n) is 12.0. The molecule has 0 saturated carbocycles. The molecule has 0 bridgehead atoms. The van der Waals surface area contributed by atoms with Gasteiger partial charge in [0.1, 0.15) is 11.5 Å². The van der Waals surface area contributed by atoms with Crippen molar-refractivity contribution >= 4 is 51.1 Å². The van der Waals surface area contributed by atoms with E-state index in [2.05, 4.69) is 34.1 Å². The van der Waals surface area contributed by atoms with Crippen LogP contribution in [-0.2, 0) is 32.1 Å². The van der Waals surface area contributed by atoms with Crippen molar-refractivity contribution in [3.63, 3.8) is 0 Å². The van der Waals surface area contributed by atoms with Crippen molar-refractivity contribution in [2.24, 2.45) is 0 Å². The average Bonchev–Trinajstić information content (AvgIpc) is 3.90. The molecule has 0 aliphatic carbocycles. The number of nitrogens with zero attached hydrogens (tertiary/aromatic N) is 2. The third kappa shape index (κ3) is 10.6. The first-order valence-electron chi connectivity index (χ1n) is 16.3. The molecular formula is C37H40N2O11S. The minimum absolute atomic E-state index is 0.0222. The van der Waals surface area contributed by atoms with Gasteiger partial charge in [-0.2, -0.15) is 0 Å². The van der Waals surface area contributed by atoms with Crippen molar-refractivity contribution in [2.45, 2.75) is 38.6 Å². The number of aromatic hydroxyl groups is 1. The first kappa shape index (κ1) is 38.5. The molecule has 6 rings (SSSR count). The number of phenols is 1. The molecule has 14 heteroatoms. The monoisotopic (exact) mass is 720 g/mol. The lowest BCUT2D eigenvalue weighted by Gasteiger charge is -2.17. The maximum absolute atomic E-state index is 14.1. The molecule has 5 N–H and O–H groups in total. The number of ether oxygens (including phenoxy) is 1. The first-order valence-corrected chi connectivity index (χ1v) is 17.1. The molecule has 4 aromatic rings. The summed E-state index contributed by atoms with van der Waals surface area (Å²) in [5.41, 5.74) is 4.76. The Hall–Kier alpha value is -5.31. The molecular weight excluding hydrogens is 680 g/mol. The van der Waals surface area contributed by atoms with Gasteiger partial charge in [0.25, 0.3) is 0 Å². The van der Waals surface area contributed by atoms with Gasteiger partial charge in [-0.25, -0.2) is 19.2 Å². The summed E-state index contributed by atoms with van der Waals surface area (Å²) in [6, 6.07) is 19.8. The fourth-order valence-corrected chi connectivity index (χ4v) is 7.21. The fourth-order valence-electron chi connectivity index (χ4n) is 5.97. The molecule has 1 aromatic heterocycles. The molecule has 2 saturated heterocycles. The number of benzene rings is 3. The van der Waals surface area contributed by atoms with Gasteiger partial charge < -0.3 is 35.2 Å². The van der Waals surface area contributed by atoms with Crippen LogP contribution < -0.4 is 4.74 Å². The van der Waals surface area contributed by atoms with Crippen molar-refractivity contribution in [3.05, 3.63) is 82.9 Å². The molecule has 0 unspecified atom stereocenters. The van der Waals surface area contributed by atoms with Crippen LogP contribution in [-0.4, -0.2) is 105 Å². The minimum atomic E-state index is -1.82. The summed E-state index contributed by atoms with van der Waals surface area (Å²) < 4.78 is 6.65. The number of ketones is 1. The van der Waals surface area contributed by atoms with Crippen LogP contribution in [0.15, 0.2) is 60.7 Å². The predicted octanol–water partition coefficient (Wildman–Crippen LogP) is 5.06. The van der Waals surface area contributed by atoms with E-state index in [0.717, 1.165) is 64.4 Å². The molecule has 0 atom stereocenters. The molecule has 0 amide bonds. The summed E-state index contributed by atoms with van der Waals surface area (Å²) >= 11 is 1.56. The van der Waals surface area contributed by atoms with E-state index in [1.807, 2.05) is 24.3 Å². The number of carbonyl (C=O) groups is 5. The maximum atomic E-state index is 14.1. The maximum Gasteiger partial charge on any atom is 0.414 e. The number of methoxy groups -OCH3 is 1. The Morgan fingerprint density at radius 1 is 0.725 bits per heavy atom. The number of hydrogen-bond donors (Lipinski definition) is 5. The first-order chi connectivity index (χ1) is 24.4. The highest BCUT2D eigenvalue weighted by Gasteiger charge is 2.24. The van der Waals surface area contributed by atoms with Crippen LogP contribution in [0.1, 0.15) is 52.7 Å². The number of fused-ring (bicyclic) bond motifs is 1. The quantitative estimate of drug-likeness (QED) is 0.114. The Balaban J connectivity index is 0.000000420. The zero-order valence-electron chi connectivity index (χ0n) is 28.0. The van der Waals surface area contributed by atoms with Gasteiger partial charge in [-0.1, -0.05) is 36.4 Å². The van der Waals surface area contributed by atoms with E-state index < -0.39 is 23.9 Å². The molecule has 13 nitrogen and oxygen atoms in total. The van der Waals surface area contributed by atoms with Crippen LogP contribution >= 0.6 is 11.3 Å². The lowest BCUT2D eigenvalue weighted by molar-refractivity contribution is -0.159. The van der Waals surface area contributed by atoms with Crippen LogP contribution in [0.2, 0.25) is 0 Å². The van der Waals surface area contributed by atoms with Crippen LogP contribution in [0.3, 0.4) is 0 Å². The third-order valence-electron chi connectivity index (χ3n) is 8.54. The summed E-state index contributed by atoms with van der Waals surface area (Å²) in [5.74, 6) is -6.35. The van der Waals surface area contributed by atoms with Crippen LogP contribution in [0.5, 0.6) is 11.5 Å². The van der Waals surface area contributed by atoms with Gasteiger partial charge in [0.2, 0.25) is 0 Å². The molecule has 0 spiro atoms. The molecule has 2 aliphatic heterocycles. The molecule has 2 aliphatic rings. The van der Waals surface area contributed by atoms with Crippen LogP contribution in [0.4, 0.5) is 0 Å². The van der Waals surface area contributed by atoms with Gasteiger partial charge in [-0.05, 0) is 93.7 Å². The van der Waals surface area contributed by atoms with E-state index in [0.29, 0.717) is 11.1 Å². The van der Waals surface area contributed by atoms with Crippen molar-refractivity contribution in [1.82, 2.24) is 9.80 Å². The van der Waals surface area contributed by atoms with Gasteiger partial charge in [-0.3, -0.25) is 9.69 Å². The van der Waals surface area contributed by atoms with Crippen molar-refractivity contribution in [3.8, 4) is 21.9 Å². The van der Waals surface area contributed by atoms with Crippen LogP contribution in [0.25, 0.3) is 20.5 Å². The van der Waals surface area contributed by atoms with E-state index in [-0.39, 0.29) is 11.5 Å². The van der Waals surface area contributed by atoms with Gasteiger partial charge in [0.15, 0.2) is 5.78 Å². The van der Waals surface area contributed by atoms with E-state index in [9.17, 15) is 9.90 Å². The number of rotatable bonds is 9. The highest BCUT2D eigenvalue weighted by Crippen LogP contribution is 2.41. The zero-order valence-corrected chi connectivity index (χ0v) is 28.9. The second kappa shape index (κ2) is 18.1. The fraction of sp³-hybridized carbons (Fsp3) is 0.324. The Bertz CT molecular complexity index is 1830. The Morgan fingerprint density at radius 3 is 1.84 bits per heavy atom. The number of carbonyl (C=O) groups excluding carboxylic acids is 1. The summed E-state index contributed by atoms with van der Waals surface area (Å²) in [6.45, 7) is 6.58. The van der Waals surface area contributed by atoms with E-state index >= 15 is 0 Å². The third-order valence-corrected chi connectivity index (χ3v) is 9.74. The number of carboxylic acid groups (broad SMARTS) is 4. The summed E-state index contributed by atoms with van der Waals surface area (Å²) in [7, 11) is 1.68. The predicted molar refractivity (Wildman–Crippen MR) is 190 cm³/mol. The van der Waals surface area contributed by atoms with Crippen molar-refractivity contribution in [2.75, 3.05) is 39.8 Å². The van der Waals surface area contributed by atoms with Gasteiger partial charge >= 0.3 is 23.9 Å². The second-order valence-corrected chi connectivity index (χ2v) is 13.1. The van der Waals surface area contributed by atoms with Crippen molar-refractivity contribution in [1.29, 1.82) is 0 Å². The normalized spacial score (nSPS) is 14.2. The van der Waals surface area contributed by atoms with E-state index in [4.69, 9.17) is 44.3 Å². The molecule has 0 radical (unpaired) electrons. The molecule has 2 fully saturated rings. The number of thiophene rings is 1. The topological polar surface area (TPSA) is 202 Å². The van der Waals surface area contributed by atoms with Gasteiger partial charge in [-0.15, -0.1) is 11.3 Å². The lowest BCUT2D eigenvalue weighted by Crippen LogP contribution is -2.21. The number of likely N-dealkylation sites (tertiary alicyclic amines) is 2. The van der Waals surface area contributed by atoms with E-state index in [1.54, 1.807) is 30.6 Å². The zero-order chi connectivity index (χ0) is 37.1. The number of phenolic OH excluding ortho intramolecular Hbond substituents is 1. The molecule has 3 heterocycles. The summed E-state index contributed by atoms with van der Waals surface area (Å²) in [4.78, 5) is 56.4. The SMILES string of the molecule is COc1cc(C(=O)c2c(-c3ccc(CCN4CCCC4)cc3)sc3cc(O)ccc23)ccc1CN1CCCC1.O=C(O)C(=O)O.O=C(O)C(=O)O. The molecule has 270 valence electrons. The largest absolute Gasteiger partial charge is 0.508 e. The minimum Gasteiger partial charge on any atom is -0.508 e. The number of hydrogen-bond acceptors (Lipinski definition) is 10. The van der Waals surface area contributed by atoms with Crippen LogP contribution in [0, 0.1) is 0 Å². The number of aliphatic carboxylic acids is 4. The standard InChI is InChI=1S/C33H36N2O3S.2C2H2O4/c1-38-29-20-25(10-11-26(29)22-35-17-4-5-18-35)32(37)31-28-13-12-27(36)21-30(28)39-33(31)24-8-6-23(7-9-24)14-19-34-15-2-3-16-34;2*3-1(4)2(5)6/h6-13,20-21,36H,2-5,14-19,22H2,1H3;2*(H,3,4)(H,5,6).